The Morgan fingerprint density at radius 1 is 1.36 bits per heavy atom. The minimum atomic E-state index is -0.300. The van der Waals surface area contributed by atoms with Gasteiger partial charge in [-0.05, 0) is 36.6 Å². The van der Waals surface area contributed by atoms with E-state index in [1.807, 2.05) is 0 Å². The van der Waals surface area contributed by atoms with E-state index >= 15 is 0 Å². The Kier molecular flexibility index (Phi) is 4.25. The van der Waals surface area contributed by atoms with Crippen molar-refractivity contribution in [3.8, 4) is 0 Å². The Labute approximate surface area is 146 Å². The zero-order valence-corrected chi connectivity index (χ0v) is 14.6. The van der Waals surface area contributed by atoms with Gasteiger partial charge >= 0.3 is 0 Å². The van der Waals surface area contributed by atoms with Gasteiger partial charge in [0.2, 0.25) is 0 Å². The molecule has 0 spiro atoms. The fourth-order valence-electron chi connectivity index (χ4n) is 3.90. The Morgan fingerprint density at radius 2 is 2.20 bits per heavy atom. The molecule has 5 nitrogen and oxygen atoms in total. The summed E-state index contributed by atoms with van der Waals surface area (Å²) in [6.45, 7) is 6.89. The number of halogens is 1. The molecule has 4 rings (SSSR count). The fraction of sp³-hybridized carbons (Fsp3) is 0.526. The number of hydrogen-bond donors (Lipinski definition) is 2. The Balaban J connectivity index is 1.41. The molecular formula is C19H24FN3O2. The van der Waals surface area contributed by atoms with Crippen molar-refractivity contribution in [3.05, 3.63) is 35.8 Å². The third kappa shape index (κ3) is 3.28. The van der Waals surface area contributed by atoms with Crippen LogP contribution in [0.4, 0.5) is 4.39 Å². The molecule has 3 atom stereocenters. The molecule has 134 valence electrons. The van der Waals surface area contributed by atoms with E-state index in [1.165, 1.54) is 12.1 Å². The maximum absolute atomic E-state index is 13.3. The second-order valence-corrected chi connectivity index (χ2v) is 7.54. The molecule has 1 amide bonds. The van der Waals surface area contributed by atoms with E-state index in [2.05, 4.69) is 29.0 Å². The highest BCUT2D eigenvalue weighted by Crippen LogP contribution is 2.26. The zero-order valence-electron chi connectivity index (χ0n) is 14.6. The zero-order chi connectivity index (χ0) is 17.6. The molecule has 2 aliphatic rings. The monoisotopic (exact) mass is 345 g/mol. The van der Waals surface area contributed by atoms with Gasteiger partial charge in [-0.1, -0.05) is 13.8 Å². The summed E-state index contributed by atoms with van der Waals surface area (Å²) < 4.78 is 19.2. The lowest BCUT2D eigenvalue weighted by molar-refractivity contribution is -0.0683. The Hall–Kier alpha value is -1.92. The number of ether oxygens (including phenoxy) is 1. The second-order valence-electron chi connectivity index (χ2n) is 7.54. The quantitative estimate of drug-likeness (QED) is 0.899. The molecule has 0 bridgehead atoms. The summed E-state index contributed by atoms with van der Waals surface area (Å²) in [5, 5.41) is 3.82. The second kappa shape index (κ2) is 6.42. The van der Waals surface area contributed by atoms with Gasteiger partial charge in [0, 0.05) is 36.1 Å². The topological polar surface area (TPSA) is 57.4 Å². The largest absolute Gasteiger partial charge is 0.375 e. The predicted molar refractivity (Wildman–Crippen MR) is 94.1 cm³/mol. The van der Waals surface area contributed by atoms with Gasteiger partial charge in [0.05, 0.1) is 12.7 Å². The van der Waals surface area contributed by atoms with Crippen LogP contribution in [0.5, 0.6) is 0 Å². The first-order valence-corrected chi connectivity index (χ1v) is 8.94. The van der Waals surface area contributed by atoms with Crippen LogP contribution in [0.15, 0.2) is 24.3 Å². The number of fused-ring (bicyclic) bond motifs is 2. The summed E-state index contributed by atoms with van der Waals surface area (Å²) in [7, 11) is 0. The van der Waals surface area contributed by atoms with E-state index in [9.17, 15) is 9.18 Å². The molecule has 6 heteroatoms. The summed E-state index contributed by atoms with van der Waals surface area (Å²) in [4.78, 5) is 18.0. The highest BCUT2D eigenvalue weighted by atomic mass is 19.1. The van der Waals surface area contributed by atoms with Crippen LogP contribution in [0.25, 0.3) is 10.9 Å². The number of nitrogens with one attached hydrogen (secondary N) is 2. The predicted octanol–water partition coefficient (Wildman–Crippen LogP) is 2.53. The molecule has 1 aromatic heterocycles. The molecule has 25 heavy (non-hydrogen) atoms. The van der Waals surface area contributed by atoms with Crippen LogP contribution in [-0.2, 0) is 4.74 Å². The highest BCUT2D eigenvalue weighted by Gasteiger charge is 2.38. The number of aromatic nitrogens is 1. The van der Waals surface area contributed by atoms with Crippen molar-refractivity contribution in [3.63, 3.8) is 0 Å². The minimum Gasteiger partial charge on any atom is -0.375 e. The van der Waals surface area contributed by atoms with E-state index in [4.69, 9.17) is 4.74 Å². The maximum atomic E-state index is 13.3. The number of nitrogens with zero attached hydrogens (tertiary/aromatic N) is 1. The number of benzene rings is 1. The Bertz CT molecular complexity index is 788. The first-order chi connectivity index (χ1) is 12.0. The molecular weight excluding hydrogens is 321 g/mol. The van der Waals surface area contributed by atoms with Gasteiger partial charge in [-0.3, -0.25) is 9.69 Å². The van der Waals surface area contributed by atoms with Crippen LogP contribution in [0.3, 0.4) is 0 Å². The normalized spacial score (nSPS) is 27.0. The minimum absolute atomic E-state index is 0.121. The van der Waals surface area contributed by atoms with Crippen LogP contribution < -0.4 is 5.32 Å². The molecule has 2 fully saturated rings. The average Bonchev–Trinajstić information content (AvgIpc) is 3.16. The fourth-order valence-corrected chi connectivity index (χ4v) is 3.90. The van der Waals surface area contributed by atoms with Crippen LogP contribution in [-0.4, -0.2) is 53.7 Å². The molecule has 0 unspecified atom stereocenters. The standard InChI is InChI=1S/C19H24FN3O2/c1-11(2)18-9-23-8-14(7-15(23)10-25-18)21-19(24)17-6-12-5-13(20)3-4-16(12)22-17/h3-6,11,14-15,18,22H,7-10H2,1-2H3,(H,21,24)/t14-,15+,18-/m1/s1. The van der Waals surface area contributed by atoms with Crippen LogP contribution in [0, 0.1) is 11.7 Å². The van der Waals surface area contributed by atoms with E-state index in [0.717, 1.165) is 31.6 Å². The van der Waals surface area contributed by atoms with Gasteiger partial charge in [-0.25, -0.2) is 4.39 Å². The van der Waals surface area contributed by atoms with Gasteiger partial charge in [-0.15, -0.1) is 0 Å². The number of carbonyl (C=O) groups is 1. The van der Waals surface area contributed by atoms with Gasteiger partial charge in [-0.2, -0.15) is 0 Å². The van der Waals surface area contributed by atoms with Gasteiger partial charge in [0.1, 0.15) is 11.5 Å². The van der Waals surface area contributed by atoms with Gasteiger partial charge in [0.25, 0.3) is 5.91 Å². The van der Waals surface area contributed by atoms with Crippen molar-refractivity contribution in [2.24, 2.45) is 5.92 Å². The average molecular weight is 345 g/mol. The highest BCUT2D eigenvalue weighted by molar-refractivity contribution is 5.98. The summed E-state index contributed by atoms with van der Waals surface area (Å²) in [6.07, 6.45) is 1.18. The van der Waals surface area contributed by atoms with Crippen LogP contribution >= 0.6 is 0 Å². The molecule has 0 radical (unpaired) electrons. The summed E-state index contributed by atoms with van der Waals surface area (Å²) in [6, 6.07) is 6.68. The summed E-state index contributed by atoms with van der Waals surface area (Å²) >= 11 is 0. The first kappa shape index (κ1) is 16.5. The third-order valence-corrected chi connectivity index (χ3v) is 5.35. The summed E-state index contributed by atoms with van der Waals surface area (Å²) in [5.74, 6) is 0.0648. The van der Waals surface area contributed by atoms with E-state index in [-0.39, 0.29) is 23.9 Å². The van der Waals surface area contributed by atoms with Crippen molar-refractivity contribution >= 4 is 16.8 Å². The van der Waals surface area contributed by atoms with Crippen molar-refractivity contribution in [2.75, 3.05) is 19.7 Å². The number of H-pyrrole nitrogens is 1. The first-order valence-electron chi connectivity index (χ1n) is 8.94. The van der Waals surface area contributed by atoms with E-state index in [0.29, 0.717) is 23.0 Å². The van der Waals surface area contributed by atoms with Crippen LogP contribution in [0.1, 0.15) is 30.8 Å². The third-order valence-electron chi connectivity index (χ3n) is 5.35. The van der Waals surface area contributed by atoms with Crippen molar-refractivity contribution in [1.29, 1.82) is 0 Å². The maximum Gasteiger partial charge on any atom is 0.267 e. The molecule has 0 saturated carbocycles. The molecule has 2 aromatic rings. The number of hydrogen-bond acceptors (Lipinski definition) is 3. The van der Waals surface area contributed by atoms with Gasteiger partial charge in [0.15, 0.2) is 0 Å². The lowest BCUT2D eigenvalue weighted by Crippen LogP contribution is -2.48. The molecule has 2 N–H and O–H groups in total. The van der Waals surface area contributed by atoms with E-state index < -0.39 is 0 Å². The van der Waals surface area contributed by atoms with E-state index in [1.54, 1.807) is 12.1 Å². The number of rotatable bonds is 3. The molecule has 3 heterocycles. The van der Waals surface area contributed by atoms with Crippen LogP contribution in [0.2, 0.25) is 0 Å². The lowest BCUT2D eigenvalue weighted by atomic mass is 10.0. The number of morpholine rings is 1. The smallest absolute Gasteiger partial charge is 0.267 e. The van der Waals surface area contributed by atoms with Crippen molar-refractivity contribution < 1.29 is 13.9 Å². The SMILES string of the molecule is CC(C)[C@H]1CN2C[C@H](NC(=O)c3cc4cc(F)ccc4[nH]3)C[C@H]2CO1. The number of amides is 1. The number of carbonyl (C=O) groups excluding carboxylic acids is 1. The molecule has 2 aliphatic heterocycles. The lowest BCUT2D eigenvalue weighted by Gasteiger charge is -2.36. The van der Waals surface area contributed by atoms with Crippen molar-refractivity contribution in [2.45, 2.75) is 38.5 Å². The molecule has 1 aromatic carbocycles. The summed E-state index contributed by atoms with van der Waals surface area (Å²) in [5.41, 5.74) is 1.24. The Morgan fingerprint density at radius 3 is 3.00 bits per heavy atom. The van der Waals surface area contributed by atoms with Gasteiger partial charge < -0.3 is 15.0 Å². The molecule has 0 aliphatic carbocycles. The molecule has 2 saturated heterocycles. The number of aromatic amines is 1. The van der Waals surface area contributed by atoms with Crippen molar-refractivity contribution in [1.82, 2.24) is 15.2 Å².